The minimum atomic E-state index is -0.951. The van der Waals surface area contributed by atoms with Crippen molar-refractivity contribution in [3.63, 3.8) is 0 Å². The highest BCUT2D eigenvalue weighted by atomic mass is 16.5. The molecule has 1 unspecified atom stereocenters. The smallest absolute Gasteiger partial charge is 0.326 e. The number of hydrogen-bond donors (Lipinski definition) is 2. The van der Waals surface area contributed by atoms with E-state index < -0.39 is 12.0 Å². The maximum Gasteiger partial charge on any atom is 0.326 e. The third-order valence-electron chi connectivity index (χ3n) is 2.81. The van der Waals surface area contributed by atoms with E-state index in [1.807, 2.05) is 18.2 Å². The van der Waals surface area contributed by atoms with E-state index in [-0.39, 0.29) is 0 Å². The van der Waals surface area contributed by atoms with Crippen LogP contribution in [0.4, 0.5) is 0 Å². The van der Waals surface area contributed by atoms with Crippen LogP contribution >= 0.6 is 0 Å². The second kappa shape index (κ2) is 5.01. The second-order valence-electron chi connectivity index (χ2n) is 3.84. The molecule has 5 heteroatoms. The van der Waals surface area contributed by atoms with Crippen LogP contribution in [0.5, 0.6) is 5.75 Å². The van der Waals surface area contributed by atoms with E-state index in [1.165, 1.54) is 0 Å². The van der Waals surface area contributed by atoms with Crippen LogP contribution in [0.3, 0.4) is 0 Å². The molecule has 94 valence electrons. The lowest BCUT2D eigenvalue weighted by Gasteiger charge is -2.13. The van der Waals surface area contributed by atoms with Crippen LogP contribution < -0.4 is 10.1 Å². The lowest BCUT2D eigenvalue weighted by atomic mass is 10.0. The SMILES string of the molecule is CNC(C(=O)O)c1nccc2cc(OC)ccc12. The number of nitrogens with one attached hydrogen (secondary N) is 1. The second-order valence-corrected chi connectivity index (χ2v) is 3.84. The van der Waals surface area contributed by atoms with Gasteiger partial charge in [-0.3, -0.25) is 9.78 Å². The van der Waals surface area contributed by atoms with Crippen molar-refractivity contribution in [1.82, 2.24) is 10.3 Å². The fourth-order valence-electron chi connectivity index (χ4n) is 1.91. The molecule has 2 rings (SSSR count). The lowest BCUT2D eigenvalue weighted by Crippen LogP contribution is -2.26. The van der Waals surface area contributed by atoms with E-state index in [2.05, 4.69) is 10.3 Å². The van der Waals surface area contributed by atoms with Crippen LogP contribution in [0, 0.1) is 0 Å². The molecule has 0 bridgehead atoms. The summed E-state index contributed by atoms with van der Waals surface area (Å²) in [5.41, 5.74) is 0.505. The summed E-state index contributed by atoms with van der Waals surface area (Å²) in [5.74, 6) is -0.218. The molecule has 5 nitrogen and oxygen atoms in total. The normalized spacial score (nSPS) is 12.3. The summed E-state index contributed by atoms with van der Waals surface area (Å²) in [7, 11) is 3.19. The molecule has 0 amide bonds. The summed E-state index contributed by atoms with van der Waals surface area (Å²) in [6.07, 6.45) is 1.60. The minimum absolute atomic E-state index is 0.505. The number of fused-ring (bicyclic) bond motifs is 1. The number of likely N-dealkylation sites (N-methyl/N-ethyl adjacent to an activating group) is 1. The number of nitrogens with zero attached hydrogens (tertiary/aromatic N) is 1. The molecule has 0 radical (unpaired) electrons. The predicted molar refractivity (Wildman–Crippen MR) is 67.7 cm³/mol. The summed E-state index contributed by atoms with van der Waals surface area (Å²) >= 11 is 0. The Balaban J connectivity index is 2.61. The van der Waals surface area contributed by atoms with Crippen LogP contribution in [0.1, 0.15) is 11.7 Å². The molecule has 0 aliphatic heterocycles. The first-order valence-corrected chi connectivity index (χ1v) is 5.50. The average molecular weight is 246 g/mol. The van der Waals surface area contributed by atoms with Gasteiger partial charge >= 0.3 is 5.97 Å². The van der Waals surface area contributed by atoms with E-state index in [9.17, 15) is 4.79 Å². The molecule has 0 aliphatic rings. The molecule has 1 atom stereocenters. The Bertz CT molecular complexity index is 583. The standard InChI is InChI=1S/C13H14N2O3/c1-14-12(13(16)17)11-10-4-3-9(18-2)7-8(10)5-6-15-11/h3-7,12,14H,1-2H3,(H,16,17). The van der Waals surface area contributed by atoms with Gasteiger partial charge in [0.25, 0.3) is 0 Å². The van der Waals surface area contributed by atoms with Crippen molar-refractivity contribution >= 4 is 16.7 Å². The van der Waals surface area contributed by atoms with Gasteiger partial charge in [0.1, 0.15) is 11.8 Å². The average Bonchev–Trinajstić information content (AvgIpc) is 2.38. The lowest BCUT2D eigenvalue weighted by molar-refractivity contribution is -0.139. The molecule has 1 aromatic heterocycles. The number of ether oxygens (including phenoxy) is 1. The number of carboxylic acid groups (broad SMARTS) is 1. The number of carbonyl (C=O) groups is 1. The van der Waals surface area contributed by atoms with Crippen molar-refractivity contribution < 1.29 is 14.6 Å². The summed E-state index contributed by atoms with van der Waals surface area (Å²) < 4.78 is 5.14. The molecular weight excluding hydrogens is 232 g/mol. The van der Waals surface area contributed by atoms with E-state index in [1.54, 1.807) is 26.4 Å². The molecule has 2 aromatic rings. The molecular formula is C13H14N2O3. The van der Waals surface area contributed by atoms with Gasteiger partial charge < -0.3 is 15.2 Å². The molecule has 0 aliphatic carbocycles. The van der Waals surface area contributed by atoms with Crippen molar-refractivity contribution in [2.75, 3.05) is 14.2 Å². The predicted octanol–water partition coefficient (Wildman–Crippen LogP) is 1.59. The highest BCUT2D eigenvalue weighted by Crippen LogP contribution is 2.25. The molecule has 18 heavy (non-hydrogen) atoms. The monoisotopic (exact) mass is 246 g/mol. The highest BCUT2D eigenvalue weighted by molar-refractivity contribution is 5.90. The fourth-order valence-corrected chi connectivity index (χ4v) is 1.91. The Hall–Kier alpha value is -2.14. The van der Waals surface area contributed by atoms with Crippen LogP contribution in [-0.2, 0) is 4.79 Å². The summed E-state index contributed by atoms with van der Waals surface area (Å²) in [5, 5.41) is 13.6. The first-order valence-electron chi connectivity index (χ1n) is 5.50. The Kier molecular flexibility index (Phi) is 3.43. The Labute approximate surface area is 104 Å². The third-order valence-corrected chi connectivity index (χ3v) is 2.81. The Morgan fingerprint density at radius 3 is 2.83 bits per heavy atom. The van der Waals surface area contributed by atoms with Crippen molar-refractivity contribution in [1.29, 1.82) is 0 Å². The van der Waals surface area contributed by atoms with Crippen molar-refractivity contribution in [2.45, 2.75) is 6.04 Å². The zero-order valence-corrected chi connectivity index (χ0v) is 10.2. The molecule has 1 aromatic carbocycles. The summed E-state index contributed by atoms with van der Waals surface area (Å²) in [4.78, 5) is 15.3. The Morgan fingerprint density at radius 2 is 2.22 bits per heavy atom. The van der Waals surface area contributed by atoms with E-state index >= 15 is 0 Å². The number of aliphatic carboxylic acids is 1. The molecule has 0 fully saturated rings. The third kappa shape index (κ3) is 2.12. The summed E-state index contributed by atoms with van der Waals surface area (Å²) in [6, 6.07) is 6.48. The number of pyridine rings is 1. The zero-order valence-electron chi connectivity index (χ0n) is 10.2. The number of rotatable bonds is 4. The maximum absolute atomic E-state index is 11.2. The van der Waals surface area contributed by atoms with Gasteiger partial charge in [-0.2, -0.15) is 0 Å². The van der Waals surface area contributed by atoms with Crippen LogP contribution in [-0.4, -0.2) is 30.2 Å². The zero-order chi connectivity index (χ0) is 13.1. The molecule has 2 N–H and O–H groups in total. The topological polar surface area (TPSA) is 71.5 Å². The van der Waals surface area contributed by atoms with Crippen molar-refractivity contribution in [3.05, 3.63) is 36.2 Å². The van der Waals surface area contributed by atoms with Gasteiger partial charge in [0.05, 0.1) is 12.8 Å². The van der Waals surface area contributed by atoms with Gasteiger partial charge in [-0.25, -0.2) is 0 Å². The van der Waals surface area contributed by atoms with Gasteiger partial charge in [0.15, 0.2) is 0 Å². The van der Waals surface area contributed by atoms with Crippen molar-refractivity contribution in [3.8, 4) is 5.75 Å². The first kappa shape index (κ1) is 12.3. The molecule has 0 saturated heterocycles. The molecule has 0 saturated carbocycles. The van der Waals surface area contributed by atoms with Crippen LogP contribution in [0.15, 0.2) is 30.5 Å². The first-order chi connectivity index (χ1) is 8.67. The largest absolute Gasteiger partial charge is 0.497 e. The quantitative estimate of drug-likeness (QED) is 0.857. The van der Waals surface area contributed by atoms with Crippen molar-refractivity contribution in [2.24, 2.45) is 0 Å². The minimum Gasteiger partial charge on any atom is -0.497 e. The number of hydrogen-bond acceptors (Lipinski definition) is 4. The van der Waals surface area contributed by atoms with Gasteiger partial charge in [-0.15, -0.1) is 0 Å². The van der Waals surface area contributed by atoms with E-state index in [4.69, 9.17) is 9.84 Å². The van der Waals surface area contributed by atoms with Crippen LogP contribution in [0.2, 0.25) is 0 Å². The van der Waals surface area contributed by atoms with Gasteiger partial charge in [-0.05, 0) is 36.7 Å². The highest BCUT2D eigenvalue weighted by Gasteiger charge is 2.21. The van der Waals surface area contributed by atoms with E-state index in [0.29, 0.717) is 5.69 Å². The van der Waals surface area contributed by atoms with Crippen LogP contribution in [0.25, 0.3) is 10.8 Å². The Morgan fingerprint density at radius 1 is 1.44 bits per heavy atom. The number of methoxy groups -OCH3 is 1. The number of benzene rings is 1. The van der Waals surface area contributed by atoms with Gasteiger partial charge in [-0.1, -0.05) is 0 Å². The molecule has 0 spiro atoms. The van der Waals surface area contributed by atoms with E-state index in [0.717, 1.165) is 16.5 Å². The number of carboxylic acids is 1. The van der Waals surface area contributed by atoms with Gasteiger partial charge in [0.2, 0.25) is 0 Å². The fraction of sp³-hybridized carbons (Fsp3) is 0.231. The molecule has 1 heterocycles. The number of aromatic nitrogens is 1. The maximum atomic E-state index is 11.2. The summed E-state index contributed by atoms with van der Waals surface area (Å²) in [6.45, 7) is 0. The van der Waals surface area contributed by atoms with Gasteiger partial charge in [0, 0.05) is 11.6 Å².